The van der Waals surface area contributed by atoms with Crippen molar-refractivity contribution in [3.05, 3.63) is 0 Å². The molecule has 7 nitrogen and oxygen atoms in total. The van der Waals surface area contributed by atoms with Gasteiger partial charge in [0.2, 0.25) is 0 Å². The van der Waals surface area contributed by atoms with E-state index in [9.17, 15) is 14.4 Å². The predicted octanol–water partition coefficient (Wildman–Crippen LogP) is -0.879. The van der Waals surface area contributed by atoms with E-state index in [4.69, 9.17) is 5.26 Å². The van der Waals surface area contributed by atoms with Crippen molar-refractivity contribution in [1.82, 2.24) is 5.32 Å². The van der Waals surface area contributed by atoms with Gasteiger partial charge in [0.1, 0.15) is 6.04 Å². The maximum atomic E-state index is 11.2. The molecule has 1 amide bonds. The summed E-state index contributed by atoms with van der Waals surface area (Å²) in [5.41, 5.74) is 0. The molecule has 0 aliphatic carbocycles. The van der Waals surface area contributed by atoms with Gasteiger partial charge in [-0.25, -0.2) is 4.79 Å². The van der Waals surface area contributed by atoms with Crippen LogP contribution in [-0.4, -0.2) is 38.1 Å². The van der Waals surface area contributed by atoms with Gasteiger partial charge in [-0.15, -0.1) is 0 Å². The Bertz CT molecular complexity index is 320. The molecule has 88 valence electrons. The second-order valence-corrected chi connectivity index (χ2v) is 2.78. The third-order valence-electron chi connectivity index (χ3n) is 1.76. The molecular weight excluding hydrogens is 216 g/mol. The lowest BCUT2D eigenvalue weighted by Gasteiger charge is -2.13. The van der Waals surface area contributed by atoms with Gasteiger partial charge in [-0.05, 0) is 6.42 Å². The summed E-state index contributed by atoms with van der Waals surface area (Å²) < 4.78 is 8.79. The fourth-order valence-corrected chi connectivity index (χ4v) is 0.946. The molecule has 1 N–H and O–H groups in total. The summed E-state index contributed by atoms with van der Waals surface area (Å²) in [4.78, 5) is 32.8. The molecule has 0 aromatic carbocycles. The minimum Gasteiger partial charge on any atom is -0.469 e. The van der Waals surface area contributed by atoms with Crippen molar-refractivity contribution in [3.8, 4) is 6.07 Å². The first kappa shape index (κ1) is 13.9. The van der Waals surface area contributed by atoms with Gasteiger partial charge in [0, 0.05) is 6.42 Å². The summed E-state index contributed by atoms with van der Waals surface area (Å²) in [5, 5.41) is 10.4. The van der Waals surface area contributed by atoms with Gasteiger partial charge in [0.15, 0.2) is 6.07 Å². The molecular formula is C9H12N2O5. The molecule has 0 aromatic rings. The molecule has 1 atom stereocenters. The second-order valence-electron chi connectivity index (χ2n) is 2.78. The van der Waals surface area contributed by atoms with Crippen LogP contribution in [0.25, 0.3) is 0 Å². The Kier molecular flexibility index (Phi) is 6.28. The molecule has 0 rings (SSSR count). The molecule has 16 heavy (non-hydrogen) atoms. The van der Waals surface area contributed by atoms with Crippen LogP contribution in [0.1, 0.15) is 12.8 Å². The minimum atomic E-state index is -1.02. The Morgan fingerprint density at radius 3 is 2.38 bits per heavy atom. The third-order valence-corrected chi connectivity index (χ3v) is 1.76. The highest BCUT2D eigenvalue weighted by atomic mass is 16.5. The maximum absolute atomic E-state index is 11.2. The van der Waals surface area contributed by atoms with E-state index in [1.165, 1.54) is 13.2 Å². The number of amides is 1. The van der Waals surface area contributed by atoms with Crippen molar-refractivity contribution < 1.29 is 23.9 Å². The van der Waals surface area contributed by atoms with E-state index in [0.717, 1.165) is 7.11 Å². The number of rotatable bonds is 5. The van der Waals surface area contributed by atoms with E-state index in [0.29, 0.717) is 0 Å². The number of nitrogens with one attached hydrogen (secondary N) is 1. The van der Waals surface area contributed by atoms with Crippen molar-refractivity contribution in [2.75, 3.05) is 14.2 Å². The fourth-order valence-electron chi connectivity index (χ4n) is 0.946. The number of carbonyl (C=O) groups is 3. The van der Waals surface area contributed by atoms with Gasteiger partial charge in [-0.1, -0.05) is 0 Å². The Morgan fingerprint density at radius 2 is 1.94 bits per heavy atom. The van der Waals surface area contributed by atoms with Gasteiger partial charge < -0.3 is 14.8 Å². The van der Waals surface area contributed by atoms with E-state index in [1.807, 2.05) is 0 Å². The van der Waals surface area contributed by atoms with E-state index >= 15 is 0 Å². The molecule has 0 aromatic heterocycles. The van der Waals surface area contributed by atoms with Gasteiger partial charge in [-0.3, -0.25) is 9.59 Å². The van der Waals surface area contributed by atoms with Crippen LogP contribution in [-0.2, 0) is 23.9 Å². The summed E-state index contributed by atoms with van der Waals surface area (Å²) in [6.07, 6.45) is -0.0330. The van der Waals surface area contributed by atoms with Crippen molar-refractivity contribution in [2.24, 2.45) is 0 Å². The van der Waals surface area contributed by atoms with E-state index in [-0.39, 0.29) is 12.8 Å². The molecule has 0 aliphatic heterocycles. The van der Waals surface area contributed by atoms with Gasteiger partial charge in [0.25, 0.3) is 0 Å². The Morgan fingerprint density at radius 1 is 1.31 bits per heavy atom. The molecule has 0 spiro atoms. The fraction of sp³-hybridized carbons (Fsp3) is 0.556. The average Bonchev–Trinajstić information content (AvgIpc) is 2.32. The number of nitrogens with zero attached hydrogens (tertiary/aromatic N) is 1. The SMILES string of the molecule is COC(=O)CC[C@H](NC(=O)C#N)C(=O)OC. The highest BCUT2D eigenvalue weighted by Gasteiger charge is 2.22. The molecule has 0 bridgehead atoms. The summed E-state index contributed by atoms with van der Waals surface area (Å²) in [5.74, 6) is -2.19. The Balaban J connectivity index is 4.33. The van der Waals surface area contributed by atoms with Crippen LogP contribution in [0.4, 0.5) is 0 Å². The topological polar surface area (TPSA) is 105 Å². The van der Waals surface area contributed by atoms with Crippen LogP contribution >= 0.6 is 0 Å². The van der Waals surface area contributed by atoms with Crippen molar-refractivity contribution in [1.29, 1.82) is 5.26 Å². The van der Waals surface area contributed by atoms with Crippen LogP contribution in [0.2, 0.25) is 0 Å². The predicted molar refractivity (Wildman–Crippen MR) is 50.8 cm³/mol. The lowest BCUT2D eigenvalue weighted by Crippen LogP contribution is -2.41. The smallest absolute Gasteiger partial charge is 0.328 e. The zero-order valence-electron chi connectivity index (χ0n) is 8.98. The quantitative estimate of drug-likeness (QED) is 0.484. The van der Waals surface area contributed by atoms with E-state index in [2.05, 4.69) is 14.8 Å². The van der Waals surface area contributed by atoms with Crippen LogP contribution in [0.5, 0.6) is 0 Å². The zero-order chi connectivity index (χ0) is 12.6. The molecule has 0 saturated heterocycles. The first-order valence-corrected chi connectivity index (χ1v) is 4.40. The minimum absolute atomic E-state index is 0.0206. The maximum Gasteiger partial charge on any atom is 0.328 e. The molecule has 0 radical (unpaired) electrons. The van der Waals surface area contributed by atoms with E-state index in [1.54, 1.807) is 0 Å². The summed E-state index contributed by atoms with van der Waals surface area (Å²) >= 11 is 0. The number of carbonyl (C=O) groups excluding carboxylic acids is 3. The third kappa shape index (κ3) is 4.95. The Hall–Kier alpha value is -2.10. The largest absolute Gasteiger partial charge is 0.469 e. The number of hydrogen-bond acceptors (Lipinski definition) is 6. The molecule has 0 aliphatic rings. The zero-order valence-corrected chi connectivity index (χ0v) is 8.98. The van der Waals surface area contributed by atoms with Crippen molar-refractivity contribution >= 4 is 17.8 Å². The Labute approximate surface area is 92.3 Å². The lowest BCUT2D eigenvalue weighted by atomic mass is 10.1. The standard InChI is InChI=1S/C9H12N2O5/c1-15-8(13)4-3-6(9(14)16-2)11-7(12)5-10/h6H,3-4H2,1-2H3,(H,11,12)/t6-/m0/s1. The second kappa shape index (κ2) is 7.23. The molecule has 7 heteroatoms. The van der Waals surface area contributed by atoms with Crippen LogP contribution in [0.15, 0.2) is 0 Å². The number of hydrogen-bond donors (Lipinski definition) is 1. The monoisotopic (exact) mass is 228 g/mol. The van der Waals surface area contributed by atoms with Gasteiger partial charge >= 0.3 is 17.8 Å². The molecule has 0 saturated carbocycles. The summed E-state index contributed by atoms with van der Waals surface area (Å²) in [7, 11) is 2.36. The van der Waals surface area contributed by atoms with Crippen LogP contribution in [0, 0.1) is 11.3 Å². The lowest BCUT2D eigenvalue weighted by molar-refractivity contribution is -0.145. The normalized spacial score (nSPS) is 10.8. The first-order valence-electron chi connectivity index (χ1n) is 4.40. The molecule has 0 fully saturated rings. The number of esters is 2. The van der Waals surface area contributed by atoms with Crippen LogP contribution < -0.4 is 5.32 Å². The van der Waals surface area contributed by atoms with Gasteiger partial charge in [-0.2, -0.15) is 5.26 Å². The molecule has 0 unspecified atom stereocenters. The first-order chi connectivity index (χ1) is 7.54. The number of methoxy groups -OCH3 is 2. The summed E-state index contributed by atoms with van der Waals surface area (Å²) in [6.45, 7) is 0. The number of ether oxygens (including phenoxy) is 2. The van der Waals surface area contributed by atoms with E-state index < -0.39 is 23.9 Å². The average molecular weight is 228 g/mol. The summed E-state index contributed by atoms with van der Waals surface area (Å²) in [6, 6.07) is 0.285. The highest BCUT2D eigenvalue weighted by molar-refractivity contribution is 5.94. The van der Waals surface area contributed by atoms with Crippen molar-refractivity contribution in [2.45, 2.75) is 18.9 Å². The van der Waals surface area contributed by atoms with Crippen LogP contribution in [0.3, 0.4) is 0 Å². The van der Waals surface area contributed by atoms with Crippen molar-refractivity contribution in [3.63, 3.8) is 0 Å². The number of nitriles is 1. The highest BCUT2D eigenvalue weighted by Crippen LogP contribution is 2.01. The molecule has 0 heterocycles. The van der Waals surface area contributed by atoms with Gasteiger partial charge in [0.05, 0.1) is 14.2 Å².